The lowest BCUT2D eigenvalue weighted by atomic mass is 10.9. The van der Waals surface area contributed by atoms with Gasteiger partial charge in [-0.05, 0) is 23.9 Å². The van der Waals surface area contributed by atoms with E-state index in [-0.39, 0.29) is 0 Å². The van der Waals surface area contributed by atoms with Gasteiger partial charge < -0.3 is 0 Å². The summed E-state index contributed by atoms with van der Waals surface area (Å²) in [4.78, 5) is 0. The first-order valence-electron chi connectivity index (χ1n) is 3.82. The zero-order valence-electron chi connectivity index (χ0n) is 7.24. The normalized spacial score (nSPS) is 30.9. The predicted molar refractivity (Wildman–Crippen MR) is 52.3 cm³/mol. The van der Waals surface area contributed by atoms with Crippen LogP contribution in [0.25, 0.3) is 0 Å². The monoisotopic (exact) mass is 193 g/mol. The van der Waals surface area contributed by atoms with Crippen LogP contribution in [0.2, 0.25) is 38.3 Å². The van der Waals surface area contributed by atoms with Gasteiger partial charge in [0.1, 0.15) is 16.5 Å². The van der Waals surface area contributed by atoms with E-state index in [2.05, 4.69) is 29.9 Å². The van der Waals surface area contributed by atoms with E-state index in [1.807, 2.05) is 0 Å². The Labute approximate surface area is 70.7 Å². The van der Waals surface area contributed by atoms with E-state index < -0.39 is 16.5 Å². The molecule has 0 unspecified atom stereocenters. The van der Waals surface area contributed by atoms with Crippen LogP contribution in [0.4, 0.5) is 0 Å². The topological polar surface area (TPSA) is 3.24 Å². The van der Waals surface area contributed by atoms with Crippen molar-refractivity contribution in [2.24, 2.45) is 0 Å². The Bertz CT molecular complexity index is 131. The van der Waals surface area contributed by atoms with Crippen LogP contribution in [0.15, 0.2) is 0 Å². The van der Waals surface area contributed by atoms with Crippen LogP contribution in [-0.2, 0) is 0 Å². The second kappa shape index (κ2) is 2.34. The molecule has 10 heavy (non-hydrogen) atoms. The van der Waals surface area contributed by atoms with Gasteiger partial charge in [-0.25, -0.2) is 0 Å². The van der Waals surface area contributed by atoms with Crippen molar-refractivity contribution >= 4 is 28.2 Å². The molecule has 0 aromatic rings. The van der Waals surface area contributed by atoms with Crippen molar-refractivity contribution in [1.82, 2.24) is 3.75 Å². The third kappa shape index (κ3) is 1.32. The molecule has 0 radical (unpaired) electrons. The summed E-state index contributed by atoms with van der Waals surface area (Å²) in [6.45, 7) is 9.45. The van der Waals surface area contributed by atoms with Crippen LogP contribution in [0, 0.1) is 0 Å². The Kier molecular flexibility index (Phi) is 2.05. The average molecular weight is 194 g/mol. The predicted octanol–water partition coefficient (Wildman–Crippen LogP) is 2.87. The van der Waals surface area contributed by atoms with Crippen LogP contribution in [0.3, 0.4) is 0 Å². The van der Waals surface area contributed by atoms with Crippen molar-refractivity contribution in [3.63, 3.8) is 0 Å². The number of nitrogens with zero attached hydrogens (tertiary/aromatic N) is 1. The Morgan fingerprint density at radius 2 is 1.30 bits per heavy atom. The molecule has 60 valence electrons. The molecule has 0 aromatic carbocycles. The van der Waals surface area contributed by atoms with E-state index in [9.17, 15) is 0 Å². The molecule has 0 bridgehead atoms. The zero-order valence-corrected chi connectivity index (χ0v) is 10.00. The van der Waals surface area contributed by atoms with Gasteiger partial charge in [0.05, 0.1) is 0 Å². The number of hydrogen-bond donors (Lipinski definition) is 0. The third-order valence-electron chi connectivity index (χ3n) is 2.41. The van der Waals surface area contributed by atoms with E-state index in [1.54, 1.807) is 0 Å². The van der Waals surface area contributed by atoms with Gasteiger partial charge in [0.25, 0.3) is 0 Å². The van der Waals surface area contributed by atoms with Gasteiger partial charge in [-0.1, -0.05) is 26.2 Å². The van der Waals surface area contributed by atoms with Gasteiger partial charge in [0, 0.05) is 0 Å². The smallest absolute Gasteiger partial charge is 0.132 e. The van der Waals surface area contributed by atoms with Crippen LogP contribution < -0.4 is 0 Å². The molecular weight excluding hydrogens is 178 g/mol. The third-order valence-corrected chi connectivity index (χ3v) is 14.4. The summed E-state index contributed by atoms with van der Waals surface area (Å²) < 4.78 is 2.24. The highest BCUT2D eigenvalue weighted by Gasteiger charge is 2.46. The maximum Gasteiger partial charge on any atom is 0.132 e. The first-order chi connectivity index (χ1) is 4.36. The molecule has 1 saturated heterocycles. The van der Waals surface area contributed by atoms with Crippen molar-refractivity contribution in [3.8, 4) is 0 Å². The minimum absolute atomic E-state index is 1.12. The highest BCUT2D eigenvalue weighted by atomic mass is 35.5. The summed E-state index contributed by atoms with van der Waals surface area (Å²) in [5.41, 5.74) is 0. The number of rotatable bonds is 0. The summed E-state index contributed by atoms with van der Waals surface area (Å²) in [7, 11) is -2.24. The van der Waals surface area contributed by atoms with Gasteiger partial charge >= 0.3 is 0 Å². The summed E-state index contributed by atoms with van der Waals surface area (Å²) >= 11 is 6.25. The Morgan fingerprint density at radius 1 is 1.00 bits per heavy atom. The van der Waals surface area contributed by atoms with E-state index in [1.165, 1.54) is 12.1 Å². The zero-order chi connectivity index (χ0) is 7.99. The average Bonchev–Trinajstić information content (AvgIpc) is 1.95. The number of halogens is 1. The molecule has 4 heteroatoms. The fraction of sp³-hybridized carbons (Fsp3) is 1.00. The molecule has 0 aliphatic carbocycles. The molecule has 0 saturated carbocycles. The van der Waals surface area contributed by atoms with Gasteiger partial charge in [0.2, 0.25) is 0 Å². The Morgan fingerprint density at radius 3 is 1.40 bits per heavy atom. The van der Waals surface area contributed by atoms with Crippen LogP contribution in [0.5, 0.6) is 0 Å². The summed E-state index contributed by atoms with van der Waals surface area (Å²) in [6, 6.07) is 2.80. The first kappa shape index (κ1) is 8.78. The Balaban J connectivity index is 2.77. The maximum absolute atomic E-state index is 6.25. The van der Waals surface area contributed by atoms with E-state index in [0.717, 1.165) is 0 Å². The summed E-state index contributed by atoms with van der Waals surface area (Å²) in [6.07, 6.45) is 0. The molecule has 1 heterocycles. The van der Waals surface area contributed by atoms with Crippen molar-refractivity contribution in [3.05, 3.63) is 0 Å². The fourth-order valence-corrected chi connectivity index (χ4v) is 14.6. The fourth-order valence-electron chi connectivity index (χ4n) is 1.63. The quantitative estimate of drug-likeness (QED) is 0.423. The van der Waals surface area contributed by atoms with Crippen molar-refractivity contribution in [2.45, 2.75) is 38.3 Å². The molecule has 0 aromatic heterocycles. The molecule has 0 atom stereocenters. The molecule has 0 spiro atoms. The summed E-state index contributed by atoms with van der Waals surface area (Å²) in [5.74, 6) is 0. The highest BCUT2D eigenvalue weighted by molar-refractivity contribution is 6.99. The second-order valence-electron chi connectivity index (χ2n) is 4.41. The minimum atomic E-state index is -1.12. The lowest BCUT2D eigenvalue weighted by Gasteiger charge is -2.31. The SMILES string of the molecule is C[Si]1(C)CC[Si](C)(C)N1Cl. The molecule has 0 amide bonds. The van der Waals surface area contributed by atoms with Gasteiger partial charge in [-0.3, -0.25) is 3.75 Å². The molecule has 1 aliphatic heterocycles. The van der Waals surface area contributed by atoms with Crippen LogP contribution in [-0.4, -0.2) is 20.2 Å². The lowest BCUT2D eigenvalue weighted by molar-refractivity contribution is 1.01. The first-order valence-corrected chi connectivity index (χ1v) is 10.5. The Hall–Kier alpha value is 0.684. The van der Waals surface area contributed by atoms with E-state index >= 15 is 0 Å². The number of hydrogen-bond acceptors (Lipinski definition) is 1. The molecular formula is C6H16ClNSi2. The van der Waals surface area contributed by atoms with E-state index in [0.29, 0.717) is 0 Å². The minimum Gasteiger partial charge on any atom is -0.263 e. The second-order valence-corrected chi connectivity index (χ2v) is 14.9. The molecule has 1 rings (SSSR count). The van der Waals surface area contributed by atoms with Crippen molar-refractivity contribution in [2.75, 3.05) is 0 Å². The van der Waals surface area contributed by atoms with Gasteiger partial charge in [0.15, 0.2) is 0 Å². The largest absolute Gasteiger partial charge is 0.263 e. The van der Waals surface area contributed by atoms with Crippen LogP contribution >= 0.6 is 11.8 Å². The highest BCUT2D eigenvalue weighted by Crippen LogP contribution is 2.37. The maximum atomic E-state index is 6.25. The molecule has 1 nitrogen and oxygen atoms in total. The molecule has 1 fully saturated rings. The van der Waals surface area contributed by atoms with Gasteiger partial charge in [-0.15, -0.1) is 0 Å². The standard InChI is InChI=1S/C6H16ClNSi2/c1-9(2)5-6-10(3,4)8(9)7/h5-6H2,1-4H3. The van der Waals surface area contributed by atoms with E-state index in [4.69, 9.17) is 11.8 Å². The van der Waals surface area contributed by atoms with Crippen molar-refractivity contribution in [1.29, 1.82) is 0 Å². The van der Waals surface area contributed by atoms with Crippen molar-refractivity contribution < 1.29 is 0 Å². The summed E-state index contributed by atoms with van der Waals surface area (Å²) in [5, 5.41) is 0. The van der Waals surface area contributed by atoms with Gasteiger partial charge in [-0.2, -0.15) is 0 Å². The molecule has 1 aliphatic rings. The van der Waals surface area contributed by atoms with Crippen LogP contribution in [0.1, 0.15) is 0 Å². The lowest BCUT2D eigenvalue weighted by Crippen LogP contribution is -2.48. The molecule has 0 N–H and O–H groups in total.